The van der Waals surface area contributed by atoms with Crippen LogP contribution in [0.5, 0.6) is 5.75 Å². The van der Waals surface area contributed by atoms with Crippen LogP contribution in [-0.2, 0) is 0 Å². The predicted octanol–water partition coefficient (Wildman–Crippen LogP) is 5.53. The zero-order valence-corrected chi connectivity index (χ0v) is 19.6. The molecule has 0 aromatic heterocycles. The highest BCUT2D eigenvalue weighted by Crippen LogP contribution is 2.38. The molecule has 3 aromatic rings. The second kappa shape index (κ2) is 9.47. The SMILES string of the molecule is COc1cccc(N(c2cccc(C(=O)N(C)c3cccc(F)c3)c2)[C@H]2C[C@H]3CC[C@@H](C2)N3)c1. The predicted molar refractivity (Wildman–Crippen MR) is 134 cm³/mol. The Hall–Kier alpha value is -3.38. The molecule has 1 amide bonds. The normalized spacial score (nSPS) is 21.2. The number of carbonyl (C=O) groups is 1. The highest BCUT2D eigenvalue weighted by atomic mass is 19.1. The van der Waals surface area contributed by atoms with Crippen LogP contribution < -0.4 is 19.9 Å². The number of carbonyl (C=O) groups excluding carboxylic acids is 1. The summed E-state index contributed by atoms with van der Waals surface area (Å²) in [5.41, 5.74) is 3.11. The number of anilines is 3. The van der Waals surface area contributed by atoms with Gasteiger partial charge in [0.05, 0.1) is 7.11 Å². The van der Waals surface area contributed by atoms with Crippen molar-refractivity contribution in [1.82, 2.24) is 5.32 Å². The largest absolute Gasteiger partial charge is 0.497 e. The Morgan fingerprint density at radius 3 is 2.26 bits per heavy atom. The van der Waals surface area contributed by atoms with Crippen molar-refractivity contribution in [3.05, 3.63) is 84.2 Å². The number of hydrogen-bond donors (Lipinski definition) is 1. The Morgan fingerprint density at radius 1 is 0.912 bits per heavy atom. The number of ether oxygens (including phenoxy) is 1. The average Bonchev–Trinajstić information content (AvgIpc) is 3.21. The van der Waals surface area contributed by atoms with Crippen LogP contribution in [0.1, 0.15) is 36.0 Å². The van der Waals surface area contributed by atoms with Crippen molar-refractivity contribution < 1.29 is 13.9 Å². The van der Waals surface area contributed by atoms with E-state index >= 15 is 0 Å². The Balaban J connectivity index is 1.50. The van der Waals surface area contributed by atoms with Gasteiger partial charge in [0.1, 0.15) is 11.6 Å². The first-order valence-corrected chi connectivity index (χ1v) is 11.8. The first kappa shape index (κ1) is 22.4. The summed E-state index contributed by atoms with van der Waals surface area (Å²) in [5.74, 6) is 0.261. The molecule has 5 nitrogen and oxygen atoms in total. The van der Waals surface area contributed by atoms with Crippen molar-refractivity contribution in [2.75, 3.05) is 24.0 Å². The molecule has 2 aliphatic rings. The van der Waals surface area contributed by atoms with E-state index in [4.69, 9.17) is 4.74 Å². The van der Waals surface area contributed by atoms with E-state index in [1.165, 1.54) is 29.9 Å². The van der Waals surface area contributed by atoms with E-state index in [0.717, 1.165) is 30.0 Å². The maximum Gasteiger partial charge on any atom is 0.258 e. The molecular formula is C28H30FN3O2. The maximum absolute atomic E-state index is 13.7. The van der Waals surface area contributed by atoms with E-state index in [0.29, 0.717) is 29.4 Å². The topological polar surface area (TPSA) is 44.8 Å². The standard InChI is InChI=1S/C28H30FN3O2/c1-31(23-8-4-7-20(29)15-23)28(33)19-6-3-9-24(14-19)32(25-10-5-11-27(18-25)34-2)26-16-21-12-13-22(17-26)30-21/h3-11,14-15,18,21-22,26,30H,12-13,16-17H2,1-2H3/t21-,22+,26+. The van der Waals surface area contributed by atoms with Gasteiger partial charge in [-0.2, -0.15) is 0 Å². The van der Waals surface area contributed by atoms with Gasteiger partial charge in [-0.15, -0.1) is 0 Å². The van der Waals surface area contributed by atoms with Gasteiger partial charge in [-0.1, -0.05) is 18.2 Å². The van der Waals surface area contributed by atoms with Gasteiger partial charge in [0.15, 0.2) is 0 Å². The van der Waals surface area contributed by atoms with E-state index in [9.17, 15) is 9.18 Å². The van der Waals surface area contributed by atoms with Gasteiger partial charge in [0, 0.05) is 53.9 Å². The molecule has 0 spiro atoms. The minimum absolute atomic E-state index is 0.177. The molecule has 176 valence electrons. The van der Waals surface area contributed by atoms with Crippen molar-refractivity contribution >= 4 is 23.0 Å². The number of nitrogens with one attached hydrogen (secondary N) is 1. The van der Waals surface area contributed by atoms with Crippen molar-refractivity contribution in [2.24, 2.45) is 0 Å². The molecule has 6 heteroatoms. The minimum atomic E-state index is -0.365. The zero-order chi connectivity index (χ0) is 23.7. The lowest BCUT2D eigenvalue weighted by Gasteiger charge is -2.39. The van der Waals surface area contributed by atoms with E-state index in [1.807, 2.05) is 30.3 Å². The van der Waals surface area contributed by atoms with Gasteiger partial charge in [-0.25, -0.2) is 4.39 Å². The molecule has 2 saturated heterocycles. The molecule has 0 aliphatic carbocycles. The molecule has 0 radical (unpaired) electrons. The smallest absolute Gasteiger partial charge is 0.258 e. The molecule has 2 heterocycles. The molecule has 5 rings (SSSR count). The lowest BCUT2D eigenvalue weighted by atomic mass is 9.96. The van der Waals surface area contributed by atoms with Crippen LogP contribution in [0.15, 0.2) is 72.8 Å². The molecule has 2 bridgehead atoms. The molecule has 3 aromatic carbocycles. The minimum Gasteiger partial charge on any atom is -0.497 e. The van der Waals surface area contributed by atoms with Gasteiger partial charge >= 0.3 is 0 Å². The van der Waals surface area contributed by atoms with Gasteiger partial charge in [-0.3, -0.25) is 4.79 Å². The van der Waals surface area contributed by atoms with Gasteiger partial charge in [0.25, 0.3) is 5.91 Å². The number of halogens is 1. The van der Waals surface area contributed by atoms with Crippen molar-refractivity contribution in [3.8, 4) is 5.75 Å². The highest BCUT2D eigenvalue weighted by Gasteiger charge is 2.37. The number of methoxy groups -OCH3 is 1. The number of amides is 1. The maximum atomic E-state index is 13.7. The monoisotopic (exact) mass is 459 g/mol. The molecule has 2 aliphatic heterocycles. The molecule has 0 unspecified atom stereocenters. The lowest BCUT2D eigenvalue weighted by molar-refractivity contribution is 0.0993. The van der Waals surface area contributed by atoms with E-state index in [1.54, 1.807) is 26.3 Å². The van der Waals surface area contributed by atoms with Crippen LogP contribution in [0.2, 0.25) is 0 Å². The summed E-state index contributed by atoms with van der Waals surface area (Å²) < 4.78 is 19.2. The number of nitrogens with zero attached hydrogens (tertiary/aromatic N) is 2. The van der Waals surface area contributed by atoms with Gasteiger partial charge in [0.2, 0.25) is 0 Å². The van der Waals surface area contributed by atoms with Crippen LogP contribution in [0, 0.1) is 5.82 Å². The van der Waals surface area contributed by atoms with Crippen molar-refractivity contribution in [3.63, 3.8) is 0 Å². The fourth-order valence-corrected chi connectivity index (χ4v) is 5.35. The first-order chi connectivity index (χ1) is 16.5. The van der Waals surface area contributed by atoms with Gasteiger partial charge in [-0.05, 0) is 74.2 Å². The summed E-state index contributed by atoms with van der Waals surface area (Å²) in [4.78, 5) is 17.2. The summed E-state index contributed by atoms with van der Waals surface area (Å²) in [6, 6.07) is 23.3. The molecule has 34 heavy (non-hydrogen) atoms. The Bertz CT molecular complexity index is 1170. The highest BCUT2D eigenvalue weighted by molar-refractivity contribution is 6.06. The fraction of sp³-hybridized carbons (Fsp3) is 0.321. The summed E-state index contributed by atoms with van der Waals surface area (Å²) in [5, 5.41) is 3.73. The fourth-order valence-electron chi connectivity index (χ4n) is 5.35. The van der Waals surface area contributed by atoms with Gasteiger partial charge < -0.3 is 19.9 Å². The molecule has 0 saturated carbocycles. The number of hydrogen-bond acceptors (Lipinski definition) is 4. The molecule has 3 atom stereocenters. The summed E-state index contributed by atoms with van der Waals surface area (Å²) >= 11 is 0. The first-order valence-electron chi connectivity index (χ1n) is 11.8. The number of piperidine rings is 1. The average molecular weight is 460 g/mol. The Labute approximate surface area is 200 Å². The van der Waals surface area contributed by atoms with E-state index < -0.39 is 0 Å². The lowest BCUT2D eigenvalue weighted by Crippen LogP contribution is -2.46. The van der Waals surface area contributed by atoms with E-state index in [2.05, 4.69) is 28.4 Å². The Morgan fingerprint density at radius 2 is 1.56 bits per heavy atom. The van der Waals surface area contributed by atoms with E-state index in [-0.39, 0.29) is 11.7 Å². The summed E-state index contributed by atoms with van der Waals surface area (Å²) in [6.07, 6.45) is 4.53. The zero-order valence-electron chi connectivity index (χ0n) is 19.6. The number of benzene rings is 3. The third-order valence-corrected chi connectivity index (χ3v) is 7.02. The van der Waals surface area contributed by atoms with Crippen LogP contribution in [-0.4, -0.2) is 38.2 Å². The molecule has 1 N–H and O–H groups in total. The third-order valence-electron chi connectivity index (χ3n) is 7.02. The van der Waals surface area contributed by atoms with Crippen molar-refractivity contribution in [2.45, 2.75) is 43.8 Å². The van der Waals surface area contributed by atoms with Crippen LogP contribution in [0.3, 0.4) is 0 Å². The number of rotatable bonds is 6. The molecular weight excluding hydrogens is 429 g/mol. The molecule has 2 fully saturated rings. The van der Waals surface area contributed by atoms with Crippen molar-refractivity contribution in [1.29, 1.82) is 0 Å². The summed E-state index contributed by atoms with van der Waals surface area (Å²) in [6.45, 7) is 0. The summed E-state index contributed by atoms with van der Waals surface area (Å²) in [7, 11) is 3.35. The quantitative estimate of drug-likeness (QED) is 0.526. The van der Waals surface area contributed by atoms with Crippen LogP contribution >= 0.6 is 0 Å². The third kappa shape index (κ3) is 4.50. The second-order valence-electron chi connectivity index (χ2n) is 9.23. The Kier molecular flexibility index (Phi) is 6.24. The second-order valence-corrected chi connectivity index (χ2v) is 9.23. The van der Waals surface area contributed by atoms with Crippen LogP contribution in [0.4, 0.5) is 21.5 Å². The number of fused-ring (bicyclic) bond motifs is 2. The van der Waals surface area contributed by atoms with Crippen LogP contribution in [0.25, 0.3) is 0 Å².